The van der Waals surface area contributed by atoms with Crippen molar-refractivity contribution >= 4 is 40.4 Å². The SMILES string of the molecule is NCCCC[C@H](NC(=O)COc1ccc2ccccc2c1)C(=O)N[C@@H](CC(=O)O)C(=O)N[C@@H](Cc1ccccc1)C(N)=O. The van der Waals surface area contributed by atoms with Gasteiger partial charge in [0.25, 0.3) is 5.91 Å². The highest BCUT2D eigenvalue weighted by Crippen LogP contribution is 2.20. The molecule has 228 valence electrons. The van der Waals surface area contributed by atoms with E-state index >= 15 is 0 Å². The topological polar surface area (TPSA) is 203 Å². The number of carboxylic acids is 1. The van der Waals surface area contributed by atoms with E-state index in [1.807, 2.05) is 30.3 Å². The van der Waals surface area contributed by atoms with Gasteiger partial charge in [0.2, 0.25) is 17.7 Å². The lowest BCUT2D eigenvalue weighted by Crippen LogP contribution is -2.57. The summed E-state index contributed by atoms with van der Waals surface area (Å²) in [4.78, 5) is 62.6. The Bertz CT molecular complexity index is 1420. The fourth-order valence-corrected chi connectivity index (χ4v) is 4.40. The van der Waals surface area contributed by atoms with E-state index in [9.17, 15) is 29.1 Å². The molecule has 0 radical (unpaired) electrons. The van der Waals surface area contributed by atoms with Crippen LogP contribution in [0.25, 0.3) is 10.8 Å². The third kappa shape index (κ3) is 10.7. The number of carbonyl (C=O) groups excluding carboxylic acids is 4. The van der Waals surface area contributed by atoms with Crippen LogP contribution in [0.2, 0.25) is 0 Å². The van der Waals surface area contributed by atoms with Crippen LogP contribution in [0.15, 0.2) is 72.8 Å². The molecule has 3 aromatic rings. The van der Waals surface area contributed by atoms with Crippen molar-refractivity contribution in [3.05, 3.63) is 78.4 Å². The number of amides is 4. The average molecular weight is 592 g/mol. The Labute approximate surface area is 249 Å². The van der Waals surface area contributed by atoms with Gasteiger partial charge in [-0.1, -0.05) is 60.7 Å². The highest BCUT2D eigenvalue weighted by atomic mass is 16.5. The summed E-state index contributed by atoms with van der Waals surface area (Å²) in [7, 11) is 0. The van der Waals surface area contributed by atoms with Gasteiger partial charge in [-0.3, -0.25) is 24.0 Å². The molecular weight excluding hydrogens is 554 g/mol. The maximum Gasteiger partial charge on any atom is 0.305 e. The number of carbonyl (C=O) groups is 5. The molecule has 0 spiro atoms. The lowest BCUT2D eigenvalue weighted by Gasteiger charge is -2.24. The number of primary amides is 1. The molecule has 3 rings (SSSR count). The Hall–Kier alpha value is -4.97. The van der Waals surface area contributed by atoms with Crippen molar-refractivity contribution < 1.29 is 33.8 Å². The van der Waals surface area contributed by atoms with Gasteiger partial charge in [-0.05, 0) is 54.3 Å². The van der Waals surface area contributed by atoms with Gasteiger partial charge in [-0.25, -0.2) is 0 Å². The second kappa shape index (κ2) is 16.5. The summed E-state index contributed by atoms with van der Waals surface area (Å²) in [5.41, 5.74) is 11.8. The molecule has 0 aliphatic heterocycles. The van der Waals surface area contributed by atoms with Crippen molar-refractivity contribution in [3.8, 4) is 5.75 Å². The average Bonchev–Trinajstić information content (AvgIpc) is 2.99. The first-order valence-electron chi connectivity index (χ1n) is 13.9. The summed E-state index contributed by atoms with van der Waals surface area (Å²) in [6.45, 7) is -0.00878. The zero-order chi connectivity index (χ0) is 31.2. The molecule has 0 aromatic heterocycles. The molecule has 0 heterocycles. The number of benzene rings is 3. The van der Waals surface area contributed by atoms with Crippen LogP contribution in [0.4, 0.5) is 0 Å². The second-order valence-corrected chi connectivity index (χ2v) is 10.0. The number of ether oxygens (including phenoxy) is 1. The Morgan fingerprint density at radius 1 is 0.767 bits per heavy atom. The lowest BCUT2D eigenvalue weighted by atomic mass is 10.0. The highest BCUT2D eigenvalue weighted by Gasteiger charge is 2.30. The molecule has 0 unspecified atom stereocenters. The molecule has 0 fully saturated rings. The van der Waals surface area contributed by atoms with Gasteiger partial charge >= 0.3 is 5.97 Å². The summed E-state index contributed by atoms with van der Waals surface area (Å²) in [5.74, 6) is -3.96. The fourth-order valence-electron chi connectivity index (χ4n) is 4.40. The number of hydrogen-bond donors (Lipinski definition) is 6. The minimum Gasteiger partial charge on any atom is -0.484 e. The molecule has 0 aliphatic carbocycles. The summed E-state index contributed by atoms with van der Waals surface area (Å²) in [5, 5.41) is 18.8. The van der Waals surface area contributed by atoms with Gasteiger partial charge in [-0.2, -0.15) is 0 Å². The van der Waals surface area contributed by atoms with Crippen LogP contribution in [0.3, 0.4) is 0 Å². The van der Waals surface area contributed by atoms with Gasteiger partial charge in [0.05, 0.1) is 6.42 Å². The fraction of sp³-hybridized carbons (Fsp3) is 0.323. The zero-order valence-electron chi connectivity index (χ0n) is 23.7. The molecule has 0 aliphatic rings. The normalized spacial score (nSPS) is 12.9. The number of hydrogen-bond acceptors (Lipinski definition) is 7. The first-order valence-corrected chi connectivity index (χ1v) is 13.9. The van der Waals surface area contributed by atoms with E-state index in [0.29, 0.717) is 25.1 Å². The van der Waals surface area contributed by atoms with E-state index in [2.05, 4.69) is 16.0 Å². The maximum absolute atomic E-state index is 13.2. The van der Waals surface area contributed by atoms with Gasteiger partial charge < -0.3 is 37.3 Å². The Morgan fingerprint density at radius 2 is 1.42 bits per heavy atom. The van der Waals surface area contributed by atoms with Crippen molar-refractivity contribution in [1.82, 2.24) is 16.0 Å². The summed E-state index contributed by atoms with van der Waals surface area (Å²) in [6, 6.07) is 18.1. The first-order chi connectivity index (χ1) is 20.7. The minimum absolute atomic E-state index is 0.0740. The molecule has 3 atom stereocenters. The van der Waals surface area contributed by atoms with E-state index in [-0.39, 0.29) is 19.4 Å². The van der Waals surface area contributed by atoms with Crippen molar-refractivity contribution in [2.75, 3.05) is 13.2 Å². The van der Waals surface area contributed by atoms with Crippen LogP contribution in [-0.2, 0) is 30.4 Å². The predicted molar refractivity (Wildman–Crippen MR) is 160 cm³/mol. The van der Waals surface area contributed by atoms with Crippen LogP contribution < -0.4 is 32.2 Å². The third-order valence-corrected chi connectivity index (χ3v) is 6.64. The zero-order valence-corrected chi connectivity index (χ0v) is 23.7. The molecular formula is C31H37N5O7. The summed E-state index contributed by atoms with van der Waals surface area (Å²) in [6.07, 6.45) is 0.556. The number of fused-ring (bicyclic) bond motifs is 1. The monoisotopic (exact) mass is 591 g/mol. The van der Waals surface area contributed by atoms with Crippen molar-refractivity contribution in [2.24, 2.45) is 11.5 Å². The number of carboxylic acid groups (broad SMARTS) is 1. The number of nitrogens with one attached hydrogen (secondary N) is 3. The van der Waals surface area contributed by atoms with Crippen LogP contribution in [0, 0.1) is 0 Å². The molecule has 12 heteroatoms. The highest BCUT2D eigenvalue weighted by molar-refractivity contribution is 5.95. The van der Waals surface area contributed by atoms with Gasteiger partial charge in [0.15, 0.2) is 6.61 Å². The molecule has 4 amide bonds. The standard InChI is InChI=1S/C31H37N5O7/c32-15-7-6-12-24(34-27(37)19-43-23-14-13-21-10-4-5-11-22(21)17-23)30(41)36-26(18-28(38)39)31(42)35-25(29(33)40)16-20-8-2-1-3-9-20/h1-5,8-11,13-14,17,24-26H,6-7,12,15-16,18-19,32H2,(H2,33,40)(H,34,37)(H,35,42)(H,36,41)(H,38,39)/t24-,25-,26-/m0/s1. The number of aliphatic carboxylic acids is 1. The van der Waals surface area contributed by atoms with Crippen LogP contribution in [0.5, 0.6) is 5.75 Å². The number of nitrogens with two attached hydrogens (primary N) is 2. The number of rotatable bonds is 17. The smallest absolute Gasteiger partial charge is 0.305 e. The van der Waals surface area contributed by atoms with Crippen LogP contribution in [0.1, 0.15) is 31.2 Å². The van der Waals surface area contributed by atoms with E-state index in [1.165, 1.54) is 0 Å². The van der Waals surface area contributed by atoms with Crippen molar-refractivity contribution in [1.29, 1.82) is 0 Å². The molecule has 3 aromatic carbocycles. The predicted octanol–water partition coefficient (Wildman–Crippen LogP) is 1.00. The van der Waals surface area contributed by atoms with E-state index in [1.54, 1.807) is 42.5 Å². The van der Waals surface area contributed by atoms with Crippen molar-refractivity contribution in [2.45, 2.75) is 50.2 Å². The Morgan fingerprint density at radius 3 is 2.09 bits per heavy atom. The number of unbranched alkanes of at least 4 members (excludes halogenated alkanes) is 1. The van der Waals surface area contributed by atoms with E-state index in [4.69, 9.17) is 16.2 Å². The van der Waals surface area contributed by atoms with Gasteiger partial charge in [0.1, 0.15) is 23.9 Å². The summed E-state index contributed by atoms with van der Waals surface area (Å²) < 4.78 is 5.62. The largest absolute Gasteiger partial charge is 0.484 e. The van der Waals surface area contributed by atoms with Gasteiger partial charge in [-0.15, -0.1) is 0 Å². The Balaban J connectivity index is 1.66. The van der Waals surface area contributed by atoms with Crippen molar-refractivity contribution in [3.63, 3.8) is 0 Å². The molecule has 0 saturated carbocycles. The minimum atomic E-state index is -1.54. The second-order valence-electron chi connectivity index (χ2n) is 10.0. The third-order valence-electron chi connectivity index (χ3n) is 6.64. The first kappa shape index (κ1) is 32.5. The van der Waals surface area contributed by atoms with E-state index in [0.717, 1.165) is 16.3 Å². The van der Waals surface area contributed by atoms with Crippen LogP contribution in [-0.4, -0.2) is 66.0 Å². The summed E-state index contributed by atoms with van der Waals surface area (Å²) >= 11 is 0. The molecule has 8 N–H and O–H groups in total. The van der Waals surface area contributed by atoms with Gasteiger partial charge in [0, 0.05) is 6.42 Å². The van der Waals surface area contributed by atoms with E-state index < -0.39 is 54.1 Å². The molecule has 43 heavy (non-hydrogen) atoms. The molecule has 0 saturated heterocycles. The maximum atomic E-state index is 13.2. The van der Waals surface area contributed by atoms with Crippen LogP contribution >= 0.6 is 0 Å². The lowest BCUT2D eigenvalue weighted by molar-refractivity contribution is -0.141. The Kier molecular flexibility index (Phi) is 12.5. The molecule has 12 nitrogen and oxygen atoms in total. The quantitative estimate of drug-likeness (QED) is 0.125. The molecule has 0 bridgehead atoms.